The van der Waals surface area contributed by atoms with Crippen LogP contribution in [0.5, 0.6) is 5.75 Å². The maximum Gasteiger partial charge on any atom is 0.403 e. The van der Waals surface area contributed by atoms with E-state index in [1.165, 1.54) is 11.1 Å². The Morgan fingerprint density at radius 1 is 1.17 bits per heavy atom. The molecule has 7 heterocycles. The van der Waals surface area contributed by atoms with E-state index in [0.717, 1.165) is 44.0 Å². The van der Waals surface area contributed by atoms with Gasteiger partial charge in [0.1, 0.15) is 29.7 Å². The minimum Gasteiger partial charge on any atom is -0.491 e. The lowest BCUT2D eigenvalue weighted by Gasteiger charge is -2.57. The Morgan fingerprint density at radius 2 is 1.93 bits per heavy atom. The fourth-order valence-electron chi connectivity index (χ4n) is 6.45. The van der Waals surface area contributed by atoms with Crippen LogP contribution in [0, 0.1) is 16.7 Å². The second kappa shape index (κ2) is 10.1. The molecule has 5 fully saturated rings. The lowest BCUT2D eigenvalue weighted by atomic mass is 9.85. The summed E-state index contributed by atoms with van der Waals surface area (Å²) in [6, 6.07) is 7.39. The number of carbonyl (C=O) groups excluding carboxylic acids is 1. The lowest BCUT2D eigenvalue weighted by Crippen LogP contribution is -2.72. The standard InChI is InChI=1S/C29H30F3N7O3/c30-29(31,32)28(3-4-28)27(40)39-21-11-22(39)17-37(16-21)25-2-1-19(14-34-25)24-12-23(18-38-26(24)20(13-33)15-35-38)42-10-7-36-5-8-41-9-6-36/h1-2,12,14-15,18,21-22H,3-11,16-17H2. The van der Waals surface area contributed by atoms with Gasteiger partial charge in [-0.1, -0.05) is 0 Å². The van der Waals surface area contributed by atoms with Crippen LogP contribution in [0.1, 0.15) is 24.8 Å². The molecule has 4 saturated heterocycles. The topological polar surface area (TPSA) is 99.2 Å². The number of aromatic nitrogens is 3. The van der Waals surface area contributed by atoms with Crippen molar-refractivity contribution in [3.05, 3.63) is 42.4 Å². The number of amides is 1. The van der Waals surface area contributed by atoms with Crippen molar-refractivity contribution in [3.8, 4) is 22.9 Å². The Balaban J connectivity index is 1.07. The average molecular weight is 582 g/mol. The first-order valence-electron chi connectivity index (χ1n) is 14.2. The van der Waals surface area contributed by atoms with E-state index in [2.05, 4.69) is 21.1 Å². The van der Waals surface area contributed by atoms with E-state index in [1.807, 2.05) is 23.1 Å². The van der Waals surface area contributed by atoms with Gasteiger partial charge in [-0.2, -0.15) is 23.5 Å². The van der Waals surface area contributed by atoms with Gasteiger partial charge in [0.25, 0.3) is 0 Å². The number of pyridine rings is 2. The molecule has 0 spiro atoms. The quantitative estimate of drug-likeness (QED) is 0.420. The van der Waals surface area contributed by atoms with Crippen LogP contribution in [0.15, 0.2) is 36.8 Å². The van der Waals surface area contributed by atoms with Crippen LogP contribution in [-0.4, -0.2) is 101 Å². The Bertz CT molecular complexity index is 1530. The molecule has 0 N–H and O–H groups in total. The van der Waals surface area contributed by atoms with E-state index >= 15 is 0 Å². The number of piperazine rings is 1. The number of carbonyl (C=O) groups is 1. The summed E-state index contributed by atoms with van der Waals surface area (Å²) in [4.78, 5) is 23.3. The number of nitrogens with zero attached hydrogens (tertiary/aromatic N) is 7. The third-order valence-electron chi connectivity index (χ3n) is 9.00. The van der Waals surface area contributed by atoms with E-state index in [1.54, 1.807) is 16.9 Å². The number of piperidine rings is 1. The molecule has 2 atom stereocenters. The van der Waals surface area contributed by atoms with Crippen molar-refractivity contribution >= 4 is 17.2 Å². The van der Waals surface area contributed by atoms with Gasteiger partial charge in [-0.3, -0.25) is 9.69 Å². The van der Waals surface area contributed by atoms with Crippen molar-refractivity contribution in [3.63, 3.8) is 0 Å². The molecule has 42 heavy (non-hydrogen) atoms. The smallest absolute Gasteiger partial charge is 0.403 e. The molecule has 5 aliphatic rings. The van der Waals surface area contributed by atoms with Crippen molar-refractivity contribution in [2.24, 2.45) is 5.41 Å². The molecule has 2 unspecified atom stereocenters. The largest absolute Gasteiger partial charge is 0.491 e. The van der Waals surface area contributed by atoms with Crippen LogP contribution < -0.4 is 9.64 Å². The maximum atomic E-state index is 13.5. The molecular formula is C29H30F3N7O3. The number of morpholine rings is 1. The Labute approximate surface area is 240 Å². The zero-order valence-corrected chi connectivity index (χ0v) is 22.9. The molecule has 220 valence electrons. The van der Waals surface area contributed by atoms with Gasteiger partial charge in [0, 0.05) is 50.0 Å². The van der Waals surface area contributed by atoms with E-state index < -0.39 is 17.5 Å². The second-order valence-corrected chi connectivity index (χ2v) is 11.5. The first-order valence-corrected chi connectivity index (χ1v) is 14.2. The van der Waals surface area contributed by atoms with Crippen LogP contribution >= 0.6 is 0 Å². The van der Waals surface area contributed by atoms with E-state index in [9.17, 15) is 23.2 Å². The van der Waals surface area contributed by atoms with Crippen LogP contribution in [-0.2, 0) is 9.53 Å². The number of alkyl halides is 3. The highest BCUT2D eigenvalue weighted by Gasteiger charge is 2.71. The van der Waals surface area contributed by atoms with Gasteiger partial charge >= 0.3 is 6.18 Å². The minimum absolute atomic E-state index is 0.115. The molecule has 0 radical (unpaired) electrons. The molecule has 1 aliphatic carbocycles. The molecule has 1 saturated carbocycles. The molecular weight excluding hydrogens is 551 g/mol. The van der Waals surface area contributed by atoms with E-state index in [4.69, 9.17) is 9.47 Å². The summed E-state index contributed by atoms with van der Waals surface area (Å²) in [6.45, 7) is 5.34. The van der Waals surface area contributed by atoms with Crippen LogP contribution in [0.4, 0.5) is 19.0 Å². The summed E-state index contributed by atoms with van der Waals surface area (Å²) in [5.74, 6) is 0.556. The fraction of sp³-hybridized carbons (Fsp3) is 0.517. The molecule has 4 aliphatic heterocycles. The van der Waals surface area contributed by atoms with Gasteiger partial charge in [-0.25, -0.2) is 9.50 Å². The molecule has 3 aromatic heterocycles. The third-order valence-corrected chi connectivity index (χ3v) is 9.00. The van der Waals surface area contributed by atoms with Gasteiger partial charge in [-0.15, -0.1) is 0 Å². The van der Waals surface area contributed by atoms with Crippen LogP contribution in [0.3, 0.4) is 0 Å². The Hall–Kier alpha value is -3.89. The molecule has 0 aromatic carbocycles. The molecule has 1 amide bonds. The summed E-state index contributed by atoms with van der Waals surface area (Å²) in [5, 5.41) is 14.0. The summed E-state index contributed by atoms with van der Waals surface area (Å²) in [7, 11) is 0. The van der Waals surface area contributed by atoms with Gasteiger partial charge in [0.05, 0.1) is 48.8 Å². The number of fused-ring (bicyclic) bond motifs is 3. The minimum atomic E-state index is -4.50. The van der Waals surface area contributed by atoms with Crippen molar-refractivity contribution in [1.29, 1.82) is 5.26 Å². The number of ether oxygens (including phenoxy) is 2. The molecule has 3 aromatic rings. The van der Waals surface area contributed by atoms with Crippen LogP contribution in [0.2, 0.25) is 0 Å². The SMILES string of the molecule is N#Cc1cnn2cc(OCCN3CCOCC3)cc(-c3ccc(N4CC5CC(C4)N5C(=O)C4(C(F)(F)F)CC4)nc3)c12. The lowest BCUT2D eigenvalue weighted by molar-refractivity contribution is -0.206. The monoisotopic (exact) mass is 581 g/mol. The van der Waals surface area contributed by atoms with Gasteiger partial charge in [-0.05, 0) is 37.5 Å². The highest BCUT2D eigenvalue weighted by molar-refractivity contribution is 5.88. The number of hydrogen-bond donors (Lipinski definition) is 0. The number of nitriles is 1. The number of anilines is 1. The van der Waals surface area contributed by atoms with Gasteiger partial charge in [0.15, 0.2) is 0 Å². The normalized spacial score (nSPS) is 23.4. The maximum absolute atomic E-state index is 13.5. The average Bonchev–Trinajstić information content (AvgIpc) is 3.73. The predicted molar refractivity (Wildman–Crippen MR) is 145 cm³/mol. The molecule has 8 rings (SSSR count). The van der Waals surface area contributed by atoms with Gasteiger partial charge < -0.3 is 19.3 Å². The molecule has 13 heteroatoms. The van der Waals surface area contributed by atoms with Gasteiger partial charge in [0.2, 0.25) is 5.91 Å². The first-order chi connectivity index (χ1) is 20.3. The van der Waals surface area contributed by atoms with Crippen molar-refractivity contribution in [1.82, 2.24) is 24.4 Å². The zero-order valence-electron chi connectivity index (χ0n) is 22.9. The number of rotatable bonds is 7. The van der Waals surface area contributed by atoms with E-state index in [-0.39, 0.29) is 24.9 Å². The molecule has 10 nitrogen and oxygen atoms in total. The van der Waals surface area contributed by atoms with E-state index in [0.29, 0.717) is 48.8 Å². The summed E-state index contributed by atoms with van der Waals surface area (Å²) in [5.41, 5.74) is 0.446. The van der Waals surface area contributed by atoms with Crippen LogP contribution in [0.25, 0.3) is 16.6 Å². The number of halogens is 3. The summed E-state index contributed by atoms with van der Waals surface area (Å²) in [6.07, 6.45) is 0.994. The fourth-order valence-corrected chi connectivity index (χ4v) is 6.45. The second-order valence-electron chi connectivity index (χ2n) is 11.5. The van der Waals surface area contributed by atoms with Crippen molar-refractivity contribution in [2.75, 3.05) is 57.4 Å². The molecule has 2 bridgehead atoms. The summed E-state index contributed by atoms with van der Waals surface area (Å²) < 4.78 is 53.8. The highest BCUT2D eigenvalue weighted by Crippen LogP contribution is 2.60. The summed E-state index contributed by atoms with van der Waals surface area (Å²) >= 11 is 0. The first kappa shape index (κ1) is 27.0. The Kier molecular flexibility index (Phi) is 6.51. The zero-order chi connectivity index (χ0) is 29.1. The van der Waals surface area contributed by atoms with Crippen molar-refractivity contribution < 1.29 is 27.4 Å². The van der Waals surface area contributed by atoms with Crippen molar-refractivity contribution in [2.45, 2.75) is 37.5 Å². The number of hydrogen-bond acceptors (Lipinski definition) is 8. The highest BCUT2D eigenvalue weighted by atomic mass is 19.4. The third kappa shape index (κ3) is 4.53. The Morgan fingerprint density at radius 3 is 2.57 bits per heavy atom. The predicted octanol–water partition coefficient (Wildman–Crippen LogP) is 3.11.